The first-order valence-corrected chi connectivity index (χ1v) is 4.17. The Morgan fingerprint density at radius 3 is 2.40 bits per heavy atom. The van der Waals surface area contributed by atoms with E-state index in [9.17, 15) is 14.7 Å². The van der Waals surface area contributed by atoms with E-state index >= 15 is 0 Å². The van der Waals surface area contributed by atoms with E-state index in [4.69, 9.17) is 9.84 Å². The molecule has 80 valence electrons. The number of carboxylic acid groups (broad SMARTS) is 1. The Hall–Kier alpha value is -2.04. The van der Waals surface area contributed by atoms with Crippen LogP contribution in [0.15, 0.2) is 12.1 Å². The van der Waals surface area contributed by atoms with Gasteiger partial charge < -0.3 is 14.9 Å². The number of carboxylic acids is 1. The molecule has 0 unspecified atom stereocenters. The van der Waals surface area contributed by atoms with Crippen molar-refractivity contribution in [1.82, 2.24) is 0 Å². The van der Waals surface area contributed by atoms with Crippen molar-refractivity contribution < 1.29 is 24.5 Å². The second kappa shape index (κ2) is 4.00. The first-order valence-electron chi connectivity index (χ1n) is 4.17. The molecule has 0 heterocycles. The normalized spacial score (nSPS) is 9.73. The predicted octanol–water partition coefficient (Wildman–Crippen LogP) is 1.32. The number of carbonyl (C=O) groups is 2. The summed E-state index contributed by atoms with van der Waals surface area (Å²) in [6.07, 6.45) is 0. The quantitative estimate of drug-likeness (QED) is 0.568. The molecule has 5 nitrogen and oxygen atoms in total. The Bertz CT molecular complexity index is 422. The van der Waals surface area contributed by atoms with E-state index in [-0.39, 0.29) is 17.1 Å². The van der Waals surface area contributed by atoms with E-state index in [1.807, 2.05) is 0 Å². The molecule has 0 aliphatic carbocycles. The van der Waals surface area contributed by atoms with Crippen LogP contribution in [0.4, 0.5) is 0 Å². The maximum absolute atomic E-state index is 10.8. The van der Waals surface area contributed by atoms with Crippen molar-refractivity contribution in [3.63, 3.8) is 0 Å². The first-order chi connectivity index (χ1) is 6.91. The zero-order valence-corrected chi connectivity index (χ0v) is 8.27. The molecule has 0 saturated carbocycles. The molecule has 0 radical (unpaired) electrons. The van der Waals surface area contributed by atoms with Gasteiger partial charge in [0.25, 0.3) is 0 Å². The Labute approximate surface area is 85.9 Å². The number of rotatable bonds is 2. The van der Waals surface area contributed by atoms with Gasteiger partial charge in [0, 0.05) is 6.92 Å². The van der Waals surface area contributed by atoms with Crippen LogP contribution in [0.2, 0.25) is 0 Å². The highest BCUT2D eigenvalue weighted by molar-refractivity contribution is 5.93. The van der Waals surface area contributed by atoms with Crippen molar-refractivity contribution in [2.45, 2.75) is 13.8 Å². The molecule has 0 aliphatic heterocycles. The molecule has 0 bridgehead atoms. The largest absolute Gasteiger partial charge is 0.508 e. The molecule has 0 fully saturated rings. The van der Waals surface area contributed by atoms with Crippen LogP contribution in [-0.2, 0) is 4.79 Å². The van der Waals surface area contributed by atoms with Gasteiger partial charge in [-0.15, -0.1) is 0 Å². The number of esters is 1. The predicted molar refractivity (Wildman–Crippen MR) is 51.1 cm³/mol. The molecule has 0 aliphatic rings. The zero-order chi connectivity index (χ0) is 11.6. The number of hydrogen-bond acceptors (Lipinski definition) is 4. The van der Waals surface area contributed by atoms with Gasteiger partial charge in [0.15, 0.2) is 0 Å². The van der Waals surface area contributed by atoms with Crippen LogP contribution in [0.1, 0.15) is 22.8 Å². The van der Waals surface area contributed by atoms with Crippen molar-refractivity contribution in [2.75, 3.05) is 0 Å². The summed E-state index contributed by atoms with van der Waals surface area (Å²) in [7, 11) is 0. The standard InChI is InChI=1S/C10H10O5/c1-5-3-7(12)4-8(10(13)14)9(5)15-6(2)11/h3-4,12H,1-2H3,(H,13,14). The lowest BCUT2D eigenvalue weighted by Gasteiger charge is -2.09. The second-order valence-electron chi connectivity index (χ2n) is 3.04. The number of hydrogen-bond donors (Lipinski definition) is 2. The fourth-order valence-corrected chi connectivity index (χ4v) is 1.19. The molecule has 1 aromatic rings. The fourth-order valence-electron chi connectivity index (χ4n) is 1.19. The van der Waals surface area contributed by atoms with Crippen LogP contribution >= 0.6 is 0 Å². The number of phenols is 1. The van der Waals surface area contributed by atoms with Crippen LogP contribution in [0.5, 0.6) is 11.5 Å². The Morgan fingerprint density at radius 1 is 1.33 bits per heavy atom. The molecule has 5 heteroatoms. The average Bonchev–Trinajstić information content (AvgIpc) is 2.08. The van der Waals surface area contributed by atoms with Gasteiger partial charge in [0.2, 0.25) is 0 Å². The summed E-state index contributed by atoms with van der Waals surface area (Å²) in [5, 5.41) is 18.0. The minimum Gasteiger partial charge on any atom is -0.508 e. The van der Waals surface area contributed by atoms with Gasteiger partial charge in [-0.25, -0.2) is 4.79 Å². The second-order valence-corrected chi connectivity index (χ2v) is 3.04. The Morgan fingerprint density at radius 2 is 1.93 bits per heavy atom. The maximum Gasteiger partial charge on any atom is 0.339 e. The number of phenolic OH excluding ortho intramolecular Hbond substituents is 1. The Balaban J connectivity index is 3.33. The lowest BCUT2D eigenvalue weighted by atomic mass is 10.1. The topological polar surface area (TPSA) is 83.8 Å². The fraction of sp³-hybridized carbons (Fsp3) is 0.200. The maximum atomic E-state index is 10.8. The molecule has 15 heavy (non-hydrogen) atoms. The minimum absolute atomic E-state index is 0.0344. The van der Waals surface area contributed by atoms with E-state index in [2.05, 4.69) is 0 Å². The van der Waals surface area contributed by atoms with Gasteiger partial charge in [0.05, 0.1) is 0 Å². The van der Waals surface area contributed by atoms with Crippen LogP contribution in [0.3, 0.4) is 0 Å². The highest BCUT2D eigenvalue weighted by Gasteiger charge is 2.16. The molecular formula is C10H10O5. The molecular weight excluding hydrogens is 200 g/mol. The lowest BCUT2D eigenvalue weighted by molar-refractivity contribution is -0.131. The van der Waals surface area contributed by atoms with Gasteiger partial charge in [-0.3, -0.25) is 4.79 Å². The number of aromatic carboxylic acids is 1. The summed E-state index contributed by atoms with van der Waals surface area (Å²) in [6.45, 7) is 2.72. The van der Waals surface area contributed by atoms with Crippen molar-refractivity contribution >= 4 is 11.9 Å². The third-order valence-electron chi connectivity index (χ3n) is 1.74. The smallest absolute Gasteiger partial charge is 0.339 e. The molecule has 0 saturated heterocycles. The Kier molecular flexibility index (Phi) is 2.94. The summed E-state index contributed by atoms with van der Waals surface area (Å²) in [6, 6.07) is 2.36. The molecule has 0 amide bonds. The lowest BCUT2D eigenvalue weighted by Crippen LogP contribution is -2.08. The number of benzene rings is 1. The summed E-state index contributed by atoms with van der Waals surface area (Å²) < 4.78 is 4.76. The van der Waals surface area contributed by atoms with Crippen molar-refractivity contribution in [3.05, 3.63) is 23.3 Å². The van der Waals surface area contributed by atoms with Gasteiger partial charge in [0.1, 0.15) is 17.1 Å². The summed E-state index contributed by atoms with van der Waals surface area (Å²) in [5.74, 6) is -2.08. The van der Waals surface area contributed by atoms with Gasteiger partial charge in [-0.1, -0.05) is 0 Å². The van der Waals surface area contributed by atoms with Gasteiger partial charge in [-0.2, -0.15) is 0 Å². The van der Waals surface area contributed by atoms with E-state index in [1.165, 1.54) is 13.0 Å². The minimum atomic E-state index is -1.26. The van der Waals surface area contributed by atoms with Crippen LogP contribution < -0.4 is 4.74 Å². The van der Waals surface area contributed by atoms with Gasteiger partial charge in [-0.05, 0) is 24.6 Å². The van der Waals surface area contributed by atoms with Crippen molar-refractivity contribution in [2.24, 2.45) is 0 Å². The highest BCUT2D eigenvalue weighted by Crippen LogP contribution is 2.28. The highest BCUT2D eigenvalue weighted by atomic mass is 16.5. The van der Waals surface area contributed by atoms with E-state index in [0.717, 1.165) is 6.07 Å². The third-order valence-corrected chi connectivity index (χ3v) is 1.74. The molecule has 0 atom stereocenters. The zero-order valence-electron chi connectivity index (χ0n) is 8.27. The van der Waals surface area contributed by atoms with E-state index in [1.54, 1.807) is 6.92 Å². The van der Waals surface area contributed by atoms with E-state index in [0.29, 0.717) is 5.56 Å². The number of aromatic hydroxyl groups is 1. The number of ether oxygens (including phenoxy) is 1. The summed E-state index contributed by atoms with van der Waals surface area (Å²) >= 11 is 0. The van der Waals surface area contributed by atoms with Gasteiger partial charge >= 0.3 is 11.9 Å². The monoisotopic (exact) mass is 210 g/mol. The average molecular weight is 210 g/mol. The first kappa shape index (κ1) is 11.0. The molecule has 1 aromatic carbocycles. The van der Waals surface area contributed by atoms with Crippen LogP contribution in [0, 0.1) is 6.92 Å². The van der Waals surface area contributed by atoms with Crippen molar-refractivity contribution in [3.8, 4) is 11.5 Å². The molecule has 1 rings (SSSR count). The molecule has 0 aromatic heterocycles. The van der Waals surface area contributed by atoms with Crippen molar-refractivity contribution in [1.29, 1.82) is 0 Å². The SMILES string of the molecule is CC(=O)Oc1c(C)cc(O)cc1C(=O)O. The number of carbonyl (C=O) groups excluding carboxylic acids is 1. The molecule has 0 spiro atoms. The summed E-state index contributed by atoms with van der Waals surface area (Å²) in [4.78, 5) is 21.6. The summed E-state index contributed by atoms with van der Waals surface area (Å²) in [5.41, 5.74) is 0.158. The van der Waals surface area contributed by atoms with Crippen LogP contribution in [0.25, 0.3) is 0 Å². The molecule has 2 N–H and O–H groups in total. The van der Waals surface area contributed by atoms with Crippen LogP contribution in [-0.4, -0.2) is 22.2 Å². The third kappa shape index (κ3) is 2.46. The number of aryl methyl sites for hydroxylation is 1. The van der Waals surface area contributed by atoms with E-state index < -0.39 is 11.9 Å².